The number of thioether (sulfide) groups is 1. The predicted molar refractivity (Wildman–Crippen MR) is 101 cm³/mol. The molecule has 0 bridgehead atoms. The molecule has 0 saturated carbocycles. The Morgan fingerprint density at radius 1 is 1.27 bits per heavy atom. The monoisotopic (exact) mass is 390 g/mol. The highest BCUT2D eigenvalue weighted by molar-refractivity contribution is 8.18. The van der Waals surface area contributed by atoms with Gasteiger partial charge in [-0.3, -0.25) is 19.3 Å². The Labute approximate surface area is 159 Å². The number of aryl methyl sites for hydroxylation is 1. The van der Waals surface area contributed by atoms with E-state index < -0.39 is 23.7 Å². The molecule has 1 fully saturated rings. The van der Waals surface area contributed by atoms with Crippen molar-refractivity contribution in [3.63, 3.8) is 0 Å². The number of carboxylic acids is 1. The van der Waals surface area contributed by atoms with Gasteiger partial charge < -0.3 is 9.67 Å². The summed E-state index contributed by atoms with van der Waals surface area (Å²) in [6.45, 7) is 3.17. The van der Waals surface area contributed by atoms with Crippen molar-refractivity contribution >= 4 is 46.6 Å². The van der Waals surface area contributed by atoms with Crippen molar-refractivity contribution in [2.45, 2.75) is 13.8 Å². The van der Waals surface area contributed by atoms with E-state index in [1.54, 1.807) is 12.1 Å². The van der Waals surface area contributed by atoms with Crippen molar-refractivity contribution < 1.29 is 19.5 Å². The number of carbonyl (C=O) groups excluding carboxylic acids is 2. The van der Waals surface area contributed by atoms with Crippen molar-refractivity contribution in [1.29, 1.82) is 0 Å². The largest absolute Gasteiger partial charge is 0.480 e. The first-order chi connectivity index (χ1) is 12.3. The first-order valence-electron chi connectivity index (χ1n) is 7.70. The molecule has 1 aromatic carbocycles. The van der Waals surface area contributed by atoms with Gasteiger partial charge in [-0.05, 0) is 55.4 Å². The molecule has 8 heteroatoms. The first-order valence-corrected chi connectivity index (χ1v) is 8.90. The van der Waals surface area contributed by atoms with E-state index in [9.17, 15) is 14.4 Å². The Morgan fingerprint density at radius 3 is 2.62 bits per heavy atom. The van der Waals surface area contributed by atoms with Gasteiger partial charge in [0.15, 0.2) is 0 Å². The molecular weight excluding hydrogens is 376 g/mol. The maximum absolute atomic E-state index is 12.3. The third-order valence-corrected chi connectivity index (χ3v) is 5.24. The van der Waals surface area contributed by atoms with E-state index in [1.807, 2.05) is 42.7 Å². The maximum Gasteiger partial charge on any atom is 0.323 e. The summed E-state index contributed by atoms with van der Waals surface area (Å²) in [5.74, 6) is -1.82. The molecular formula is C18H15ClN2O4S. The number of para-hydroxylation sites is 1. The van der Waals surface area contributed by atoms with E-state index in [0.29, 0.717) is 5.02 Å². The second-order valence-electron chi connectivity index (χ2n) is 5.77. The number of amides is 2. The van der Waals surface area contributed by atoms with Crippen LogP contribution in [-0.2, 0) is 9.59 Å². The van der Waals surface area contributed by atoms with Crippen LogP contribution in [0.5, 0.6) is 0 Å². The lowest BCUT2D eigenvalue weighted by Crippen LogP contribution is -2.33. The van der Waals surface area contributed by atoms with Crippen molar-refractivity contribution in [2.24, 2.45) is 0 Å². The second kappa shape index (κ2) is 7.01. The Morgan fingerprint density at radius 2 is 1.96 bits per heavy atom. The van der Waals surface area contributed by atoms with Crippen LogP contribution in [0.1, 0.15) is 17.0 Å². The van der Waals surface area contributed by atoms with Crippen LogP contribution >= 0.6 is 23.4 Å². The number of hydrogen-bond donors (Lipinski definition) is 1. The Kier molecular flexibility index (Phi) is 4.93. The summed E-state index contributed by atoms with van der Waals surface area (Å²) in [6, 6.07) is 9.32. The number of benzene rings is 1. The first kappa shape index (κ1) is 18.3. The summed E-state index contributed by atoms with van der Waals surface area (Å²) in [6.07, 6.45) is 1.61. The number of hydrogen-bond acceptors (Lipinski definition) is 4. The lowest BCUT2D eigenvalue weighted by Gasteiger charge is -2.11. The highest BCUT2D eigenvalue weighted by atomic mass is 35.5. The Hall–Kier alpha value is -2.51. The van der Waals surface area contributed by atoms with Gasteiger partial charge >= 0.3 is 5.97 Å². The Balaban J connectivity index is 2.00. The van der Waals surface area contributed by atoms with Gasteiger partial charge in [-0.2, -0.15) is 0 Å². The standard InChI is InChI=1S/C18H15ClN2O4S/c1-10-7-12(11(2)21(10)14-6-4-3-5-13(14)19)8-15-17(24)20(9-16(22)23)18(25)26-15/h3-8H,9H2,1-2H3,(H,22,23)/b15-8+. The summed E-state index contributed by atoms with van der Waals surface area (Å²) >= 11 is 7.03. The van der Waals surface area contributed by atoms with Crippen LogP contribution in [0, 0.1) is 13.8 Å². The number of halogens is 1. The van der Waals surface area contributed by atoms with Crippen LogP contribution in [0.15, 0.2) is 35.2 Å². The van der Waals surface area contributed by atoms with Gasteiger partial charge in [-0.1, -0.05) is 23.7 Å². The van der Waals surface area contributed by atoms with E-state index in [1.165, 1.54) is 0 Å². The van der Waals surface area contributed by atoms with Gasteiger partial charge in [0.1, 0.15) is 6.54 Å². The molecule has 3 rings (SSSR count). The van der Waals surface area contributed by atoms with E-state index in [4.69, 9.17) is 16.7 Å². The average Bonchev–Trinajstić information content (AvgIpc) is 2.99. The third-order valence-electron chi connectivity index (χ3n) is 4.02. The molecule has 2 aromatic rings. The van der Waals surface area contributed by atoms with Crippen LogP contribution in [0.2, 0.25) is 5.02 Å². The summed E-state index contributed by atoms with van der Waals surface area (Å²) in [5.41, 5.74) is 3.37. The molecule has 1 N–H and O–H groups in total. The molecule has 134 valence electrons. The minimum Gasteiger partial charge on any atom is -0.480 e. The summed E-state index contributed by atoms with van der Waals surface area (Å²) < 4.78 is 1.97. The van der Waals surface area contributed by atoms with Gasteiger partial charge in [0, 0.05) is 11.4 Å². The number of aliphatic carboxylic acids is 1. The zero-order valence-corrected chi connectivity index (χ0v) is 15.6. The van der Waals surface area contributed by atoms with Crippen molar-refractivity contribution in [1.82, 2.24) is 9.47 Å². The minimum absolute atomic E-state index is 0.204. The normalized spacial score (nSPS) is 16.0. The van der Waals surface area contributed by atoms with Crippen molar-refractivity contribution in [2.75, 3.05) is 6.54 Å². The number of carbonyl (C=O) groups is 3. The van der Waals surface area contributed by atoms with E-state index in [2.05, 4.69) is 0 Å². The summed E-state index contributed by atoms with van der Waals surface area (Å²) in [7, 11) is 0. The third kappa shape index (κ3) is 3.27. The van der Waals surface area contributed by atoms with Gasteiger partial charge in [-0.25, -0.2) is 0 Å². The number of imide groups is 1. The van der Waals surface area contributed by atoms with Crippen molar-refractivity contribution in [3.05, 3.63) is 57.2 Å². The number of carboxylic acid groups (broad SMARTS) is 1. The van der Waals surface area contributed by atoms with Crippen LogP contribution in [-0.4, -0.2) is 38.2 Å². The summed E-state index contributed by atoms with van der Waals surface area (Å²) in [4.78, 5) is 35.9. The van der Waals surface area contributed by atoms with E-state index >= 15 is 0 Å². The molecule has 0 aliphatic carbocycles. The quantitative estimate of drug-likeness (QED) is 0.801. The van der Waals surface area contributed by atoms with Crippen LogP contribution in [0.3, 0.4) is 0 Å². The molecule has 0 atom stereocenters. The number of aromatic nitrogens is 1. The zero-order valence-electron chi connectivity index (χ0n) is 14.0. The van der Waals surface area contributed by atoms with Gasteiger partial charge in [-0.15, -0.1) is 0 Å². The second-order valence-corrected chi connectivity index (χ2v) is 7.18. The molecule has 1 aliphatic heterocycles. The lowest BCUT2D eigenvalue weighted by molar-refractivity contribution is -0.140. The number of nitrogens with zero attached hydrogens (tertiary/aromatic N) is 2. The fourth-order valence-corrected chi connectivity index (χ4v) is 3.90. The molecule has 6 nitrogen and oxygen atoms in total. The lowest BCUT2D eigenvalue weighted by atomic mass is 10.2. The SMILES string of the molecule is Cc1cc(/C=C2/SC(=O)N(CC(=O)O)C2=O)c(C)n1-c1ccccc1Cl. The molecule has 2 amide bonds. The summed E-state index contributed by atoms with van der Waals surface area (Å²) in [5, 5.41) is 8.85. The molecule has 1 aromatic heterocycles. The fourth-order valence-electron chi connectivity index (χ4n) is 2.85. The van der Waals surface area contributed by atoms with Gasteiger partial charge in [0.2, 0.25) is 0 Å². The minimum atomic E-state index is -1.23. The Bertz CT molecular complexity index is 964. The molecule has 26 heavy (non-hydrogen) atoms. The zero-order chi connectivity index (χ0) is 19.0. The van der Waals surface area contributed by atoms with Crippen molar-refractivity contribution in [3.8, 4) is 5.69 Å². The van der Waals surface area contributed by atoms with Crippen LogP contribution < -0.4 is 0 Å². The maximum atomic E-state index is 12.3. The molecule has 1 saturated heterocycles. The number of rotatable bonds is 4. The fraction of sp³-hybridized carbons (Fsp3) is 0.167. The molecule has 0 unspecified atom stereocenters. The molecule has 1 aliphatic rings. The van der Waals surface area contributed by atoms with Crippen LogP contribution in [0.25, 0.3) is 11.8 Å². The average molecular weight is 391 g/mol. The highest BCUT2D eigenvalue weighted by Gasteiger charge is 2.36. The predicted octanol–water partition coefficient (Wildman–Crippen LogP) is 3.87. The van der Waals surface area contributed by atoms with E-state index in [0.717, 1.165) is 39.3 Å². The van der Waals surface area contributed by atoms with E-state index in [-0.39, 0.29) is 4.91 Å². The molecule has 0 radical (unpaired) electrons. The van der Waals surface area contributed by atoms with Gasteiger partial charge in [0.25, 0.3) is 11.1 Å². The van der Waals surface area contributed by atoms with Crippen LogP contribution in [0.4, 0.5) is 4.79 Å². The molecule has 0 spiro atoms. The van der Waals surface area contributed by atoms with Gasteiger partial charge in [0.05, 0.1) is 15.6 Å². The molecule has 2 heterocycles. The highest BCUT2D eigenvalue weighted by Crippen LogP contribution is 2.34. The topological polar surface area (TPSA) is 79.6 Å². The smallest absolute Gasteiger partial charge is 0.323 e.